The quantitative estimate of drug-likeness (QED) is 0.709. The van der Waals surface area contributed by atoms with Gasteiger partial charge in [-0.2, -0.15) is 0 Å². The van der Waals surface area contributed by atoms with E-state index in [1.807, 2.05) is 53.4 Å². The average molecular weight is 432 g/mol. The molecule has 3 heterocycles. The summed E-state index contributed by atoms with van der Waals surface area (Å²) in [4.78, 5) is 32.3. The molecule has 0 unspecified atom stereocenters. The first-order valence-electron chi connectivity index (χ1n) is 12.2. The number of amides is 2. The first-order chi connectivity index (χ1) is 15.7. The molecule has 2 aromatic rings. The SMILES string of the molecule is O=C(c1ccc(-c2ccc(C(=O)N3CCC[C@H]3CN3CCCC3)cc2)cc1)N1CCCC1. The van der Waals surface area contributed by atoms with Crippen LogP contribution < -0.4 is 0 Å². The Bertz CT molecular complexity index is 942. The van der Waals surface area contributed by atoms with Gasteiger partial charge in [-0.3, -0.25) is 9.59 Å². The van der Waals surface area contributed by atoms with Crippen LogP contribution in [0.15, 0.2) is 48.5 Å². The van der Waals surface area contributed by atoms with E-state index in [9.17, 15) is 9.59 Å². The highest BCUT2D eigenvalue weighted by Gasteiger charge is 2.31. The minimum atomic E-state index is 0.129. The maximum atomic E-state index is 13.2. The molecule has 0 aromatic heterocycles. The molecule has 0 saturated carbocycles. The lowest BCUT2D eigenvalue weighted by atomic mass is 10.0. The van der Waals surface area contributed by atoms with Crippen molar-refractivity contribution in [2.45, 2.75) is 44.6 Å². The number of nitrogens with zero attached hydrogens (tertiary/aromatic N) is 3. The minimum absolute atomic E-state index is 0.129. The van der Waals surface area contributed by atoms with Gasteiger partial charge in [0.25, 0.3) is 11.8 Å². The van der Waals surface area contributed by atoms with Gasteiger partial charge in [0.15, 0.2) is 0 Å². The zero-order valence-corrected chi connectivity index (χ0v) is 18.8. The molecule has 5 nitrogen and oxygen atoms in total. The van der Waals surface area contributed by atoms with Gasteiger partial charge in [0, 0.05) is 43.3 Å². The molecule has 5 heteroatoms. The normalized spacial score (nSPS) is 21.4. The molecule has 2 amide bonds. The van der Waals surface area contributed by atoms with E-state index in [0.717, 1.165) is 74.1 Å². The molecule has 0 N–H and O–H groups in total. The molecule has 5 rings (SSSR count). The van der Waals surface area contributed by atoms with Crippen molar-refractivity contribution in [2.24, 2.45) is 0 Å². The fraction of sp³-hybridized carbons (Fsp3) is 0.481. The van der Waals surface area contributed by atoms with Crippen LogP contribution in [0.2, 0.25) is 0 Å². The van der Waals surface area contributed by atoms with E-state index >= 15 is 0 Å². The van der Waals surface area contributed by atoms with Crippen molar-refractivity contribution in [3.05, 3.63) is 59.7 Å². The van der Waals surface area contributed by atoms with Gasteiger partial charge >= 0.3 is 0 Å². The maximum absolute atomic E-state index is 13.2. The number of hydrogen-bond acceptors (Lipinski definition) is 3. The molecule has 0 bridgehead atoms. The summed E-state index contributed by atoms with van der Waals surface area (Å²) >= 11 is 0. The lowest BCUT2D eigenvalue weighted by Crippen LogP contribution is -2.42. The number of benzene rings is 2. The van der Waals surface area contributed by atoms with Gasteiger partial charge in [0.05, 0.1) is 0 Å². The predicted molar refractivity (Wildman–Crippen MR) is 127 cm³/mol. The number of carbonyl (C=O) groups is 2. The lowest BCUT2D eigenvalue weighted by Gasteiger charge is -2.28. The molecule has 3 aliphatic rings. The number of hydrogen-bond donors (Lipinski definition) is 0. The van der Waals surface area contributed by atoms with Gasteiger partial charge in [-0.25, -0.2) is 0 Å². The van der Waals surface area contributed by atoms with E-state index < -0.39 is 0 Å². The Kier molecular flexibility index (Phi) is 6.26. The standard InChI is InChI=1S/C27H33N3O2/c31-26(29-17-3-4-18-29)23-11-7-21(8-12-23)22-9-13-24(14-10-22)27(32)30-19-5-6-25(30)20-28-15-1-2-16-28/h7-14,25H,1-6,15-20H2/t25-/m0/s1. The third kappa shape index (κ3) is 4.44. The minimum Gasteiger partial charge on any atom is -0.339 e. The smallest absolute Gasteiger partial charge is 0.254 e. The molecule has 3 aliphatic heterocycles. The largest absolute Gasteiger partial charge is 0.339 e. The molecule has 2 aromatic carbocycles. The maximum Gasteiger partial charge on any atom is 0.254 e. The fourth-order valence-electron chi connectivity index (χ4n) is 5.44. The average Bonchev–Trinajstić information content (AvgIpc) is 3.62. The van der Waals surface area contributed by atoms with Crippen LogP contribution in [0.4, 0.5) is 0 Å². The van der Waals surface area contributed by atoms with Crippen LogP contribution in [-0.2, 0) is 0 Å². The molecular weight excluding hydrogens is 398 g/mol. The van der Waals surface area contributed by atoms with Crippen LogP contribution in [-0.4, -0.2) is 71.8 Å². The van der Waals surface area contributed by atoms with Gasteiger partial charge < -0.3 is 14.7 Å². The fourth-order valence-corrected chi connectivity index (χ4v) is 5.44. The van der Waals surface area contributed by atoms with Crippen molar-refractivity contribution in [3.8, 4) is 11.1 Å². The Hall–Kier alpha value is -2.66. The first-order valence-corrected chi connectivity index (χ1v) is 12.2. The van der Waals surface area contributed by atoms with Crippen molar-refractivity contribution in [1.82, 2.24) is 14.7 Å². The van der Waals surface area contributed by atoms with Crippen LogP contribution in [0.5, 0.6) is 0 Å². The molecule has 32 heavy (non-hydrogen) atoms. The zero-order valence-electron chi connectivity index (χ0n) is 18.8. The topological polar surface area (TPSA) is 43.9 Å². The van der Waals surface area contributed by atoms with E-state index in [1.54, 1.807) is 0 Å². The Morgan fingerprint density at radius 1 is 0.656 bits per heavy atom. The molecule has 0 radical (unpaired) electrons. The van der Waals surface area contributed by atoms with Crippen molar-refractivity contribution in [2.75, 3.05) is 39.3 Å². The number of rotatable bonds is 5. The Balaban J connectivity index is 1.24. The molecule has 0 spiro atoms. The van der Waals surface area contributed by atoms with Gasteiger partial charge in [-0.15, -0.1) is 0 Å². The number of likely N-dealkylation sites (tertiary alicyclic amines) is 3. The number of carbonyl (C=O) groups excluding carboxylic acids is 2. The second kappa shape index (κ2) is 9.45. The highest BCUT2D eigenvalue weighted by molar-refractivity contribution is 5.96. The summed E-state index contributed by atoms with van der Waals surface area (Å²) in [5, 5.41) is 0. The Morgan fingerprint density at radius 2 is 1.19 bits per heavy atom. The van der Waals surface area contributed by atoms with E-state index in [0.29, 0.717) is 6.04 Å². The van der Waals surface area contributed by atoms with Gasteiger partial charge in [-0.1, -0.05) is 24.3 Å². The highest BCUT2D eigenvalue weighted by atomic mass is 16.2. The molecule has 3 saturated heterocycles. The molecule has 0 aliphatic carbocycles. The van der Waals surface area contributed by atoms with Crippen molar-refractivity contribution in [3.63, 3.8) is 0 Å². The summed E-state index contributed by atoms with van der Waals surface area (Å²) in [7, 11) is 0. The van der Waals surface area contributed by atoms with Crippen LogP contribution in [0, 0.1) is 0 Å². The zero-order chi connectivity index (χ0) is 21.9. The first kappa shape index (κ1) is 21.2. The van der Waals surface area contributed by atoms with E-state index in [4.69, 9.17) is 0 Å². The van der Waals surface area contributed by atoms with Crippen molar-refractivity contribution < 1.29 is 9.59 Å². The second-order valence-electron chi connectivity index (χ2n) is 9.46. The van der Waals surface area contributed by atoms with Gasteiger partial charge in [0.2, 0.25) is 0 Å². The molecule has 168 valence electrons. The summed E-state index contributed by atoms with van der Waals surface area (Å²) in [6.45, 7) is 5.97. The van der Waals surface area contributed by atoms with Crippen LogP contribution >= 0.6 is 0 Å². The molecule has 3 fully saturated rings. The van der Waals surface area contributed by atoms with Crippen molar-refractivity contribution in [1.29, 1.82) is 0 Å². The third-order valence-electron chi connectivity index (χ3n) is 7.30. The Morgan fingerprint density at radius 3 is 1.78 bits per heavy atom. The predicted octanol–water partition coefficient (Wildman–Crippen LogP) is 4.29. The monoisotopic (exact) mass is 431 g/mol. The summed E-state index contributed by atoms with van der Waals surface area (Å²) in [6.07, 6.45) is 7.00. The van der Waals surface area contributed by atoms with E-state index in [-0.39, 0.29) is 11.8 Å². The second-order valence-corrected chi connectivity index (χ2v) is 9.46. The Labute approximate surface area is 191 Å². The van der Waals surface area contributed by atoms with Crippen molar-refractivity contribution >= 4 is 11.8 Å². The van der Waals surface area contributed by atoms with E-state index in [1.165, 1.54) is 25.9 Å². The summed E-state index contributed by atoms with van der Waals surface area (Å²) in [6, 6.07) is 16.1. The summed E-state index contributed by atoms with van der Waals surface area (Å²) in [5.41, 5.74) is 3.65. The molecule has 1 atom stereocenters. The van der Waals surface area contributed by atoms with Gasteiger partial charge in [0.1, 0.15) is 0 Å². The van der Waals surface area contributed by atoms with Crippen LogP contribution in [0.3, 0.4) is 0 Å². The third-order valence-corrected chi connectivity index (χ3v) is 7.30. The lowest BCUT2D eigenvalue weighted by molar-refractivity contribution is 0.0708. The van der Waals surface area contributed by atoms with E-state index in [2.05, 4.69) is 9.80 Å². The summed E-state index contributed by atoms with van der Waals surface area (Å²) in [5.74, 6) is 0.286. The molecular formula is C27H33N3O2. The van der Waals surface area contributed by atoms with Crippen LogP contribution in [0.25, 0.3) is 11.1 Å². The van der Waals surface area contributed by atoms with Crippen LogP contribution in [0.1, 0.15) is 59.2 Å². The summed E-state index contributed by atoms with van der Waals surface area (Å²) < 4.78 is 0. The van der Waals surface area contributed by atoms with Gasteiger partial charge in [-0.05, 0) is 87.0 Å². The highest BCUT2D eigenvalue weighted by Crippen LogP contribution is 2.25.